The second-order valence-corrected chi connectivity index (χ2v) is 5.08. The smallest absolute Gasteiger partial charge is 0.133 e. The fourth-order valence-corrected chi connectivity index (χ4v) is 2.79. The lowest BCUT2D eigenvalue weighted by atomic mass is 10.2. The molecule has 0 bridgehead atoms. The molecule has 0 aliphatic heterocycles. The largest absolute Gasteiger partial charge is 0.497 e. The number of aliphatic hydroxyl groups is 1. The van der Waals surface area contributed by atoms with Crippen LogP contribution in [0.3, 0.4) is 0 Å². The molecule has 0 aliphatic rings. The van der Waals surface area contributed by atoms with E-state index in [1.165, 1.54) is 5.56 Å². The number of hydrogen-bond acceptors (Lipinski definition) is 4. The Bertz CT molecular complexity index is 523. The first-order valence-electron chi connectivity index (χ1n) is 6.21. The fourth-order valence-electron chi connectivity index (χ4n) is 1.75. The van der Waals surface area contributed by atoms with Crippen LogP contribution in [0.15, 0.2) is 29.3 Å². The van der Waals surface area contributed by atoms with E-state index in [1.54, 1.807) is 18.9 Å². The second-order valence-electron chi connectivity index (χ2n) is 4.12. The zero-order valence-corrected chi connectivity index (χ0v) is 12.0. The van der Waals surface area contributed by atoms with Gasteiger partial charge in [0.1, 0.15) is 23.2 Å². The Morgan fingerprint density at radius 1 is 1.32 bits per heavy atom. The molecular formula is C14H18N2O2S. The van der Waals surface area contributed by atoms with E-state index >= 15 is 0 Å². The summed E-state index contributed by atoms with van der Waals surface area (Å²) in [4.78, 5) is 7.51. The SMILES string of the molecule is CCc1[nH]c(CO)nc1SCc1ccc(OC)cc1. The fraction of sp³-hybridized carbons (Fsp3) is 0.357. The molecule has 0 fully saturated rings. The van der Waals surface area contributed by atoms with Crippen LogP contribution in [-0.4, -0.2) is 22.2 Å². The summed E-state index contributed by atoms with van der Waals surface area (Å²) in [6, 6.07) is 8.02. The van der Waals surface area contributed by atoms with Crippen molar-refractivity contribution in [1.82, 2.24) is 9.97 Å². The minimum Gasteiger partial charge on any atom is -0.497 e. The summed E-state index contributed by atoms with van der Waals surface area (Å²) < 4.78 is 5.13. The summed E-state index contributed by atoms with van der Waals surface area (Å²) >= 11 is 1.68. The van der Waals surface area contributed by atoms with Crippen LogP contribution in [-0.2, 0) is 18.8 Å². The molecule has 1 heterocycles. The maximum atomic E-state index is 9.10. The van der Waals surface area contributed by atoms with Crippen molar-refractivity contribution in [2.75, 3.05) is 7.11 Å². The highest BCUT2D eigenvalue weighted by Crippen LogP contribution is 2.25. The summed E-state index contributed by atoms with van der Waals surface area (Å²) in [6.45, 7) is 2.03. The number of nitrogens with zero attached hydrogens (tertiary/aromatic N) is 1. The first kappa shape index (κ1) is 14.0. The van der Waals surface area contributed by atoms with Gasteiger partial charge in [0.15, 0.2) is 0 Å². The van der Waals surface area contributed by atoms with E-state index in [1.807, 2.05) is 12.1 Å². The zero-order valence-electron chi connectivity index (χ0n) is 11.1. The van der Waals surface area contributed by atoms with Gasteiger partial charge < -0.3 is 14.8 Å². The maximum Gasteiger partial charge on any atom is 0.133 e. The number of imidazole rings is 1. The predicted molar refractivity (Wildman–Crippen MR) is 76.4 cm³/mol. The molecule has 2 aromatic rings. The number of ether oxygens (including phenoxy) is 1. The number of aliphatic hydroxyl groups excluding tert-OH is 1. The van der Waals surface area contributed by atoms with E-state index in [4.69, 9.17) is 9.84 Å². The molecule has 0 radical (unpaired) electrons. The highest BCUT2D eigenvalue weighted by Gasteiger charge is 2.09. The molecule has 0 amide bonds. The van der Waals surface area contributed by atoms with E-state index in [2.05, 4.69) is 29.0 Å². The van der Waals surface area contributed by atoms with Crippen LogP contribution < -0.4 is 4.74 Å². The van der Waals surface area contributed by atoms with Gasteiger partial charge in [0.25, 0.3) is 0 Å². The van der Waals surface area contributed by atoms with Gasteiger partial charge in [0.05, 0.1) is 7.11 Å². The summed E-state index contributed by atoms with van der Waals surface area (Å²) in [5, 5.41) is 10.1. The minimum atomic E-state index is -0.0455. The normalized spacial score (nSPS) is 10.7. The van der Waals surface area contributed by atoms with Crippen molar-refractivity contribution >= 4 is 11.8 Å². The molecule has 0 atom stereocenters. The summed E-state index contributed by atoms with van der Waals surface area (Å²) in [6.07, 6.45) is 0.887. The van der Waals surface area contributed by atoms with Gasteiger partial charge in [0.2, 0.25) is 0 Å². The number of H-pyrrole nitrogens is 1. The average molecular weight is 278 g/mol. The minimum absolute atomic E-state index is 0.0455. The lowest BCUT2D eigenvalue weighted by Crippen LogP contribution is -1.86. The molecular weight excluding hydrogens is 260 g/mol. The number of hydrogen-bond donors (Lipinski definition) is 2. The van der Waals surface area contributed by atoms with E-state index in [-0.39, 0.29) is 6.61 Å². The van der Waals surface area contributed by atoms with Crippen molar-refractivity contribution in [1.29, 1.82) is 0 Å². The van der Waals surface area contributed by atoms with Crippen LogP contribution in [0.25, 0.3) is 0 Å². The summed E-state index contributed by atoms with van der Waals surface area (Å²) in [5.41, 5.74) is 2.31. The number of rotatable bonds is 6. The molecule has 4 nitrogen and oxygen atoms in total. The lowest BCUT2D eigenvalue weighted by molar-refractivity contribution is 0.272. The van der Waals surface area contributed by atoms with Gasteiger partial charge >= 0.3 is 0 Å². The molecule has 102 valence electrons. The lowest BCUT2D eigenvalue weighted by Gasteiger charge is -2.03. The highest BCUT2D eigenvalue weighted by molar-refractivity contribution is 7.98. The molecule has 2 N–H and O–H groups in total. The molecule has 0 saturated carbocycles. The van der Waals surface area contributed by atoms with Crippen LogP contribution in [0.2, 0.25) is 0 Å². The molecule has 2 rings (SSSR count). The van der Waals surface area contributed by atoms with Gasteiger partial charge in [-0.1, -0.05) is 30.8 Å². The second kappa shape index (κ2) is 6.63. The Kier molecular flexibility index (Phi) is 4.87. The average Bonchev–Trinajstić information content (AvgIpc) is 2.88. The molecule has 19 heavy (non-hydrogen) atoms. The number of benzene rings is 1. The van der Waals surface area contributed by atoms with E-state index in [9.17, 15) is 0 Å². The van der Waals surface area contributed by atoms with E-state index in [0.717, 1.165) is 28.6 Å². The maximum absolute atomic E-state index is 9.10. The van der Waals surface area contributed by atoms with Crippen LogP contribution in [0.5, 0.6) is 5.75 Å². The zero-order chi connectivity index (χ0) is 13.7. The topological polar surface area (TPSA) is 58.1 Å². The number of aromatic nitrogens is 2. The molecule has 5 heteroatoms. The van der Waals surface area contributed by atoms with Gasteiger partial charge in [-0.15, -0.1) is 0 Å². The van der Waals surface area contributed by atoms with Gasteiger partial charge in [-0.2, -0.15) is 0 Å². The number of nitrogens with one attached hydrogen (secondary N) is 1. The Labute approximate surface area is 117 Å². The predicted octanol–water partition coefficient (Wildman–Crippen LogP) is 2.77. The molecule has 0 saturated heterocycles. The van der Waals surface area contributed by atoms with Gasteiger partial charge in [-0.3, -0.25) is 0 Å². The molecule has 0 unspecified atom stereocenters. The summed E-state index contributed by atoms with van der Waals surface area (Å²) in [7, 11) is 1.66. The van der Waals surface area contributed by atoms with Crippen molar-refractivity contribution in [3.63, 3.8) is 0 Å². The first-order chi connectivity index (χ1) is 9.26. The third-order valence-electron chi connectivity index (χ3n) is 2.83. The van der Waals surface area contributed by atoms with Crippen LogP contribution in [0.4, 0.5) is 0 Å². The number of aromatic amines is 1. The third-order valence-corrected chi connectivity index (χ3v) is 3.92. The quantitative estimate of drug-likeness (QED) is 0.798. The van der Waals surface area contributed by atoms with E-state index < -0.39 is 0 Å². The van der Waals surface area contributed by atoms with Crippen molar-refractivity contribution in [3.05, 3.63) is 41.3 Å². The number of methoxy groups -OCH3 is 1. The summed E-state index contributed by atoms with van der Waals surface area (Å²) in [5.74, 6) is 2.35. The van der Waals surface area contributed by atoms with Gasteiger partial charge in [0, 0.05) is 11.4 Å². The monoisotopic (exact) mass is 278 g/mol. The third kappa shape index (κ3) is 3.52. The Morgan fingerprint density at radius 3 is 2.63 bits per heavy atom. The van der Waals surface area contributed by atoms with Gasteiger partial charge in [-0.25, -0.2) is 4.98 Å². The Balaban J connectivity index is 2.02. The van der Waals surface area contributed by atoms with Crippen molar-refractivity contribution in [2.45, 2.75) is 30.7 Å². The molecule has 1 aromatic heterocycles. The molecule has 1 aromatic carbocycles. The Hall–Kier alpha value is -1.46. The highest BCUT2D eigenvalue weighted by atomic mass is 32.2. The standard InChI is InChI=1S/C14H18N2O2S/c1-3-12-14(16-13(8-17)15-12)19-9-10-4-6-11(18-2)7-5-10/h4-7,17H,3,8-9H2,1-2H3,(H,15,16). The van der Waals surface area contributed by atoms with Crippen molar-refractivity contribution < 1.29 is 9.84 Å². The van der Waals surface area contributed by atoms with Crippen molar-refractivity contribution in [3.8, 4) is 5.75 Å². The van der Waals surface area contributed by atoms with Crippen molar-refractivity contribution in [2.24, 2.45) is 0 Å². The van der Waals surface area contributed by atoms with Crippen LogP contribution in [0.1, 0.15) is 24.0 Å². The molecule has 0 spiro atoms. The van der Waals surface area contributed by atoms with Crippen LogP contribution in [0, 0.1) is 0 Å². The molecule has 0 aliphatic carbocycles. The van der Waals surface area contributed by atoms with Crippen LogP contribution >= 0.6 is 11.8 Å². The first-order valence-corrected chi connectivity index (χ1v) is 7.19. The number of aryl methyl sites for hydroxylation is 1. The van der Waals surface area contributed by atoms with Gasteiger partial charge in [-0.05, 0) is 24.1 Å². The Morgan fingerprint density at radius 2 is 2.05 bits per heavy atom. The number of thioether (sulfide) groups is 1. The van der Waals surface area contributed by atoms with E-state index in [0.29, 0.717) is 5.82 Å².